The van der Waals surface area contributed by atoms with Crippen LogP contribution in [-0.4, -0.2) is 72.7 Å². The summed E-state index contributed by atoms with van der Waals surface area (Å²) < 4.78 is 51.2. The summed E-state index contributed by atoms with van der Waals surface area (Å²) in [7, 11) is 1.16. The second-order valence-corrected chi connectivity index (χ2v) is 12.3. The van der Waals surface area contributed by atoms with Gasteiger partial charge in [-0.3, -0.25) is 13.9 Å². The molecule has 11 nitrogen and oxygen atoms in total. The standard InChI is InChI=1S/C31H37Cl2N3O8S/c1-7-25(31(38)34-8-2)35(18-20-9-12-23(32)24(33)15-20)30(37)19-36(26-16-21(41-3)10-13-27(26)42-4)45(39,40)22-11-14-28(43-5)29(17-22)44-6/h9-17,25H,7-8,18-19H2,1-6H3,(H,34,38)/t25-/m0/s1. The minimum absolute atomic E-state index is 0.0422. The molecule has 3 aromatic rings. The number of methoxy groups -OCH3 is 4. The first-order valence-corrected chi connectivity index (χ1v) is 16.1. The lowest BCUT2D eigenvalue weighted by Gasteiger charge is -2.33. The SMILES string of the molecule is CCNC(=O)[C@H](CC)N(Cc1ccc(Cl)c(Cl)c1)C(=O)CN(c1cc(OC)ccc1OC)S(=O)(=O)c1ccc(OC)c(OC)c1. The van der Waals surface area contributed by atoms with Crippen molar-refractivity contribution < 1.29 is 37.0 Å². The molecular formula is C31H37Cl2N3O8S. The van der Waals surface area contributed by atoms with Gasteiger partial charge >= 0.3 is 0 Å². The van der Waals surface area contributed by atoms with Crippen LogP contribution in [0.2, 0.25) is 10.0 Å². The van der Waals surface area contributed by atoms with E-state index in [1.807, 2.05) is 0 Å². The summed E-state index contributed by atoms with van der Waals surface area (Å²) in [4.78, 5) is 28.6. The van der Waals surface area contributed by atoms with E-state index in [4.69, 9.17) is 42.1 Å². The van der Waals surface area contributed by atoms with Gasteiger partial charge in [0, 0.05) is 25.2 Å². The highest BCUT2D eigenvalue weighted by atomic mass is 35.5. The van der Waals surface area contributed by atoms with E-state index in [2.05, 4.69) is 5.32 Å². The molecular weight excluding hydrogens is 645 g/mol. The van der Waals surface area contributed by atoms with Gasteiger partial charge in [0.2, 0.25) is 11.8 Å². The predicted octanol–water partition coefficient (Wildman–Crippen LogP) is 5.17. The van der Waals surface area contributed by atoms with E-state index in [0.717, 1.165) is 4.31 Å². The number of sulfonamides is 1. The van der Waals surface area contributed by atoms with Gasteiger partial charge in [-0.2, -0.15) is 0 Å². The second kappa shape index (κ2) is 15.9. The Bertz CT molecular complexity index is 1620. The summed E-state index contributed by atoms with van der Waals surface area (Å²) in [6.45, 7) is 3.12. The lowest BCUT2D eigenvalue weighted by Crippen LogP contribution is -2.52. The van der Waals surface area contributed by atoms with Gasteiger partial charge in [-0.25, -0.2) is 8.42 Å². The van der Waals surface area contributed by atoms with Gasteiger partial charge in [-0.15, -0.1) is 0 Å². The number of halogens is 2. The maximum atomic E-state index is 14.4. The van der Waals surface area contributed by atoms with Crippen LogP contribution in [0.3, 0.4) is 0 Å². The van der Waals surface area contributed by atoms with Crippen LogP contribution in [0.15, 0.2) is 59.5 Å². The van der Waals surface area contributed by atoms with Gasteiger partial charge < -0.3 is 29.2 Å². The van der Waals surface area contributed by atoms with Crippen molar-refractivity contribution in [3.05, 3.63) is 70.2 Å². The third kappa shape index (κ3) is 8.24. The van der Waals surface area contributed by atoms with Gasteiger partial charge in [0.05, 0.1) is 49.1 Å². The van der Waals surface area contributed by atoms with Gasteiger partial charge in [-0.1, -0.05) is 36.2 Å². The fourth-order valence-corrected chi connectivity index (χ4v) is 6.41. The Morgan fingerprint density at radius 3 is 2.07 bits per heavy atom. The van der Waals surface area contributed by atoms with E-state index in [0.29, 0.717) is 28.6 Å². The van der Waals surface area contributed by atoms with E-state index >= 15 is 0 Å². The number of carbonyl (C=O) groups excluding carboxylic acids is 2. The van der Waals surface area contributed by atoms with Crippen molar-refractivity contribution in [2.24, 2.45) is 0 Å². The molecule has 0 saturated heterocycles. The zero-order chi connectivity index (χ0) is 33.3. The monoisotopic (exact) mass is 681 g/mol. The Morgan fingerprint density at radius 1 is 0.822 bits per heavy atom. The molecule has 0 aromatic heterocycles. The third-order valence-electron chi connectivity index (χ3n) is 6.95. The van der Waals surface area contributed by atoms with Crippen LogP contribution < -0.4 is 28.6 Å². The summed E-state index contributed by atoms with van der Waals surface area (Å²) in [5, 5.41) is 3.36. The van der Waals surface area contributed by atoms with Crippen LogP contribution in [0.5, 0.6) is 23.0 Å². The summed E-state index contributed by atoms with van der Waals surface area (Å²) in [6, 6.07) is 12.6. The lowest BCUT2D eigenvalue weighted by molar-refractivity contribution is -0.140. The summed E-state index contributed by atoms with van der Waals surface area (Å²) >= 11 is 12.4. The number of nitrogens with zero attached hydrogens (tertiary/aromatic N) is 2. The third-order valence-corrected chi connectivity index (χ3v) is 9.45. The largest absolute Gasteiger partial charge is 0.497 e. The van der Waals surface area contributed by atoms with Crippen LogP contribution in [0, 0.1) is 0 Å². The zero-order valence-corrected chi connectivity index (χ0v) is 28.3. The molecule has 0 spiro atoms. The van der Waals surface area contributed by atoms with E-state index < -0.39 is 28.5 Å². The number of rotatable bonds is 15. The minimum atomic E-state index is -4.47. The number of hydrogen-bond donors (Lipinski definition) is 1. The molecule has 0 bridgehead atoms. The van der Waals surface area contributed by atoms with Crippen LogP contribution in [0.1, 0.15) is 25.8 Å². The van der Waals surface area contributed by atoms with Gasteiger partial charge in [0.25, 0.3) is 10.0 Å². The number of ether oxygens (including phenoxy) is 4. The molecule has 244 valence electrons. The maximum Gasteiger partial charge on any atom is 0.265 e. The van der Waals surface area contributed by atoms with Crippen LogP contribution in [-0.2, 0) is 26.2 Å². The molecule has 1 atom stereocenters. The van der Waals surface area contributed by atoms with E-state index in [-0.39, 0.29) is 46.0 Å². The molecule has 0 unspecified atom stereocenters. The van der Waals surface area contributed by atoms with Crippen molar-refractivity contribution in [2.75, 3.05) is 45.8 Å². The molecule has 0 saturated carbocycles. The molecule has 0 aliphatic heterocycles. The van der Waals surface area contributed by atoms with Crippen LogP contribution in [0.4, 0.5) is 5.69 Å². The lowest BCUT2D eigenvalue weighted by atomic mass is 10.1. The average Bonchev–Trinajstić information content (AvgIpc) is 3.04. The fourth-order valence-electron chi connectivity index (χ4n) is 4.66. The topological polar surface area (TPSA) is 124 Å². The smallest absolute Gasteiger partial charge is 0.265 e. The maximum absolute atomic E-state index is 14.4. The van der Waals surface area contributed by atoms with Gasteiger partial charge in [-0.05, 0) is 55.3 Å². The predicted molar refractivity (Wildman–Crippen MR) is 173 cm³/mol. The number of hydrogen-bond acceptors (Lipinski definition) is 8. The van der Waals surface area contributed by atoms with Crippen molar-refractivity contribution in [1.29, 1.82) is 0 Å². The summed E-state index contributed by atoms with van der Waals surface area (Å²) in [6.07, 6.45) is 0.254. The Morgan fingerprint density at radius 2 is 1.49 bits per heavy atom. The molecule has 0 radical (unpaired) electrons. The Balaban J connectivity index is 2.21. The number of likely N-dealkylation sites (N-methyl/N-ethyl adjacent to an activating group) is 1. The Kier molecular flexibility index (Phi) is 12.6. The quantitative estimate of drug-likeness (QED) is 0.233. The minimum Gasteiger partial charge on any atom is -0.497 e. The van der Waals surface area contributed by atoms with Crippen molar-refractivity contribution in [1.82, 2.24) is 10.2 Å². The molecule has 0 aliphatic carbocycles. The number of nitrogens with one attached hydrogen (secondary N) is 1. The second-order valence-electron chi connectivity index (χ2n) is 9.65. The Labute approximate surface area is 274 Å². The highest BCUT2D eigenvalue weighted by Crippen LogP contribution is 2.38. The van der Waals surface area contributed by atoms with Crippen molar-refractivity contribution in [3.63, 3.8) is 0 Å². The normalized spacial score (nSPS) is 11.7. The molecule has 3 aromatic carbocycles. The molecule has 0 aliphatic rings. The van der Waals surface area contributed by atoms with E-state index in [9.17, 15) is 18.0 Å². The molecule has 1 N–H and O–H groups in total. The number of amides is 2. The highest BCUT2D eigenvalue weighted by Gasteiger charge is 2.35. The molecule has 3 rings (SSSR count). The molecule has 0 heterocycles. The van der Waals surface area contributed by atoms with Crippen LogP contribution >= 0.6 is 23.2 Å². The average molecular weight is 683 g/mol. The first kappa shape index (κ1) is 35.6. The highest BCUT2D eigenvalue weighted by molar-refractivity contribution is 7.92. The van der Waals surface area contributed by atoms with E-state index in [1.165, 1.54) is 63.7 Å². The molecule has 45 heavy (non-hydrogen) atoms. The molecule has 0 fully saturated rings. The first-order valence-electron chi connectivity index (χ1n) is 13.9. The number of carbonyl (C=O) groups is 2. The van der Waals surface area contributed by atoms with Crippen molar-refractivity contribution in [3.8, 4) is 23.0 Å². The van der Waals surface area contributed by atoms with Crippen molar-refractivity contribution in [2.45, 2.75) is 37.8 Å². The van der Waals surface area contributed by atoms with Crippen LogP contribution in [0.25, 0.3) is 0 Å². The molecule has 14 heteroatoms. The molecule has 2 amide bonds. The van der Waals surface area contributed by atoms with Crippen molar-refractivity contribution >= 4 is 50.7 Å². The zero-order valence-electron chi connectivity index (χ0n) is 25.9. The number of benzene rings is 3. The number of anilines is 1. The van der Waals surface area contributed by atoms with Gasteiger partial charge in [0.15, 0.2) is 11.5 Å². The summed E-state index contributed by atoms with van der Waals surface area (Å²) in [5.41, 5.74) is 0.634. The Hall–Kier alpha value is -3.87. The fraction of sp³-hybridized carbons (Fsp3) is 0.355. The summed E-state index contributed by atoms with van der Waals surface area (Å²) in [5.74, 6) is -0.0639. The first-order chi connectivity index (χ1) is 21.4. The van der Waals surface area contributed by atoms with E-state index in [1.54, 1.807) is 38.1 Å². The van der Waals surface area contributed by atoms with Gasteiger partial charge in [0.1, 0.15) is 24.1 Å².